The van der Waals surface area contributed by atoms with Crippen LogP contribution in [0.15, 0.2) is 77.3 Å². The molecule has 4 rings (SSSR count). The first kappa shape index (κ1) is 19.6. The number of nitrogens with zero attached hydrogens (tertiary/aromatic N) is 3. The van der Waals surface area contributed by atoms with Crippen LogP contribution in [0.1, 0.15) is 10.6 Å². The van der Waals surface area contributed by atoms with Gasteiger partial charge in [0, 0.05) is 15.7 Å². The molecule has 144 valence electrons. The monoisotopic (exact) mass is 486 g/mol. The van der Waals surface area contributed by atoms with Crippen molar-refractivity contribution in [3.8, 4) is 17.1 Å². The first-order valence-corrected chi connectivity index (χ1v) is 10.1. The van der Waals surface area contributed by atoms with E-state index in [9.17, 15) is 4.79 Å². The summed E-state index contributed by atoms with van der Waals surface area (Å²) in [5.74, 6) is 0.154. The van der Waals surface area contributed by atoms with Crippen LogP contribution in [0.2, 0.25) is 10.0 Å². The van der Waals surface area contributed by atoms with Crippen molar-refractivity contribution in [1.29, 1.82) is 0 Å². The number of amides is 1. The van der Waals surface area contributed by atoms with E-state index >= 15 is 0 Å². The fraction of sp³-hybridized carbons (Fsp3) is 0. The lowest BCUT2D eigenvalue weighted by Crippen LogP contribution is -2.14. The van der Waals surface area contributed by atoms with Gasteiger partial charge in [0.1, 0.15) is 0 Å². The largest absolute Gasteiger partial charge is 0.319 e. The highest BCUT2D eigenvalue weighted by molar-refractivity contribution is 9.10. The minimum absolute atomic E-state index is 0.0397. The van der Waals surface area contributed by atoms with Crippen molar-refractivity contribution in [3.63, 3.8) is 0 Å². The quantitative estimate of drug-likeness (QED) is 0.369. The maximum absolute atomic E-state index is 12.8. The molecule has 1 amide bonds. The van der Waals surface area contributed by atoms with E-state index < -0.39 is 5.91 Å². The van der Waals surface area contributed by atoms with E-state index in [0.717, 1.165) is 15.7 Å². The van der Waals surface area contributed by atoms with Gasteiger partial charge in [-0.2, -0.15) is 0 Å². The first-order chi connectivity index (χ1) is 14.0. The number of benzene rings is 3. The molecular weight excluding hydrogens is 475 g/mol. The second-order valence-corrected chi connectivity index (χ2v) is 7.83. The molecule has 0 aliphatic carbocycles. The molecule has 0 atom stereocenters. The molecule has 8 heteroatoms. The minimum Gasteiger partial charge on any atom is -0.319 e. The smallest absolute Gasteiger partial charge is 0.295 e. The summed E-state index contributed by atoms with van der Waals surface area (Å²) in [4.78, 5) is 17.2. The van der Waals surface area contributed by atoms with Crippen LogP contribution in [-0.4, -0.2) is 20.7 Å². The van der Waals surface area contributed by atoms with Gasteiger partial charge in [-0.3, -0.25) is 4.79 Å². The van der Waals surface area contributed by atoms with Gasteiger partial charge in [0.2, 0.25) is 5.82 Å². The maximum atomic E-state index is 12.8. The fourth-order valence-corrected chi connectivity index (χ4v) is 3.27. The van der Waals surface area contributed by atoms with Crippen LogP contribution in [0, 0.1) is 0 Å². The fourth-order valence-electron chi connectivity index (χ4n) is 2.71. The Kier molecular flexibility index (Phi) is 5.67. The van der Waals surface area contributed by atoms with Gasteiger partial charge in [-0.05, 0) is 42.5 Å². The Hall–Kier alpha value is -2.67. The standard InChI is InChI=1S/C21H13BrCl2N4O/c22-14-6-9-16(10-7-14)28-20(13-4-2-1-3-5-13)26-19(27-28)21(29)25-15-8-11-17(23)18(24)12-15/h1-12H,(H,25,29). The molecule has 0 fully saturated rings. The number of hydrogen-bond acceptors (Lipinski definition) is 3. The predicted octanol–water partition coefficient (Wildman–Crippen LogP) is 6.26. The van der Waals surface area contributed by atoms with Crippen molar-refractivity contribution < 1.29 is 4.79 Å². The molecule has 3 aromatic carbocycles. The summed E-state index contributed by atoms with van der Waals surface area (Å²) in [6.45, 7) is 0. The summed E-state index contributed by atoms with van der Waals surface area (Å²) in [5, 5.41) is 7.95. The van der Waals surface area contributed by atoms with Gasteiger partial charge < -0.3 is 5.32 Å². The van der Waals surface area contributed by atoms with E-state index in [-0.39, 0.29) is 5.82 Å². The molecular formula is C21H13BrCl2N4O. The zero-order valence-electron chi connectivity index (χ0n) is 14.8. The molecule has 29 heavy (non-hydrogen) atoms. The minimum atomic E-state index is -0.448. The van der Waals surface area contributed by atoms with Gasteiger partial charge in [-0.15, -0.1) is 5.10 Å². The van der Waals surface area contributed by atoms with Crippen molar-refractivity contribution >= 4 is 50.7 Å². The second-order valence-electron chi connectivity index (χ2n) is 6.10. The summed E-state index contributed by atoms with van der Waals surface area (Å²) in [5.41, 5.74) is 2.13. The first-order valence-electron chi connectivity index (χ1n) is 8.56. The highest BCUT2D eigenvalue weighted by Crippen LogP contribution is 2.26. The molecule has 0 saturated heterocycles. The topological polar surface area (TPSA) is 59.8 Å². The second kappa shape index (κ2) is 8.37. The molecule has 1 heterocycles. The molecule has 0 radical (unpaired) electrons. The molecule has 5 nitrogen and oxygen atoms in total. The average Bonchev–Trinajstić information content (AvgIpc) is 3.18. The summed E-state index contributed by atoms with van der Waals surface area (Å²) in [6.07, 6.45) is 0. The number of anilines is 1. The zero-order chi connectivity index (χ0) is 20.4. The van der Waals surface area contributed by atoms with E-state index in [1.54, 1.807) is 22.9 Å². The van der Waals surface area contributed by atoms with Crippen molar-refractivity contribution in [2.45, 2.75) is 0 Å². The summed E-state index contributed by atoms with van der Waals surface area (Å²) >= 11 is 15.4. The maximum Gasteiger partial charge on any atom is 0.295 e. The number of halogens is 3. The normalized spacial score (nSPS) is 10.7. The molecule has 0 aliphatic heterocycles. The van der Waals surface area contributed by atoms with Crippen LogP contribution < -0.4 is 5.32 Å². The van der Waals surface area contributed by atoms with Crippen molar-refractivity contribution in [2.24, 2.45) is 0 Å². The van der Waals surface area contributed by atoms with Gasteiger partial charge in [-0.1, -0.05) is 69.5 Å². The van der Waals surface area contributed by atoms with Gasteiger partial charge >= 0.3 is 0 Å². The summed E-state index contributed by atoms with van der Waals surface area (Å²) < 4.78 is 2.59. The number of rotatable bonds is 4. The van der Waals surface area contributed by atoms with E-state index in [1.807, 2.05) is 54.6 Å². The third-order valence-electron chi connectivity index (χ3n) is 4.09. The Labute approximate surface area is 185 Å². The molecule has 0 saturated carbocycles. The molecule has 1 N–H and O–H groups in total. The number of carbonyl (C=O) groups is 1. The number of hydrogen-bond donors (Lipinski definition) is 1. The summed E-state index contributed by atoms with van der Waals surface area (Å²) in [6, 6.07) is 22.0. The lowest BCUT2D eigenvalue weighted by molar-refractivity contribution is 0.101. The molecule has 0 aliphatic rings. The Bertz CT molecular complexity index is 1180. The number of carbonyl (C=O) groups excluding carboxylic acids is 1. The van der Waals surface area contributed by atoms with E-state index in [4.69, 9.17) is 23.2 Å². The molecule has 4 aromatic rings. The van der Waals surface area contributed by atoms with E-state index in [1.165, 1.54) is 0 Å². The van der Waals surface area contributed by atoms with Crippen LogP contribution in [0.3, 0.4) is 0 Å². The van der Waals surface area contributed by atoms with Crippen molar-refractivity contribution in [1.82, 2.24) is 14.8 Å². The van der Waals surface area contributed by atoms with Gasteiger partial charge in [0.05, 0.1) is 15.7 Å². The zero-order valence-corrected chi connectivity index (χ0v) is 17.9. The van der Waals surface area contributed by atoms with Gasteiger partial charge in [0.15, 0.2) is 5.82 Å². The average molecular weight is 488 g/mol. The van der Waals surface area contributed by atoms with E-state index in [2.05, 4.69) is 31.3 Å². The Morgan fingerprint density at radius 3 is 2.34 bits per heavy atom. The highest BCUT2D eigenvalue weighted by atomic mass is 79.9. The predicted molar refractivity (Wildman–Crippen MR) is 119 cm³/mol. The van der Waals surface area contributed by atoms with Crippen molar-refractivity contribution in [3.05, 3.63) is 93.1 Å². The lowest BCUT2D eigenvalue weighted by Gasteiger charge is -2.06. The van der Waals surface area contributed by atoms with Crippen LogP contribution in [0.25, 0.3) is 17.1 Å². The summed E-state index contributed by atoms with van der Waals surface area (Å²) in [7, 11) is 0. The highest BCUT2D eigenvalue weighted by Gasteiger charge is 2.19. The Morgan fingerprint density at radius 2 is 1.66 bits per heavy atom. The lowest BCUT2D eigenvalue weighted by atomic mass is 10.2. The van der Waals surface area contributed by atoms with Crippen molar-refractivity contribution in [2.75, 3.05) is 5.32 Å². The van der Waals surface area contributed by atoms with Crippen LogP contribution in [-0.2, 0) is 0 Å². The van der Waals surface area contributed by atoms with Gasteiger partial charge in [0.25, 0.3) is 5.91 Å². The molecule has 0 spiro atoms. The Balaban J connectivity index is 1.73. The molecule has 0 unspecified atom stereocenters. The number of nitrogens with one attached hydrogen (secondary N) is 1. The van der Waals surface area contributed by atoms with Crippen LogP contribution in [0.5, 0.6) is 0 Å². The van der Waals surface area contributed by atoms with Crippen LogP contribution in [0.4, 0.5) is 5.69 Å². The van der Waals surface area contributed by atoms with Gasteiger partial charge in [-0.25, -0.2) is 9.67 Å². The molecule has 0 bridgehead atoms. The number of aromatic nitrogens is 3. The van der Waals surface area contributed by atoms with E-state index in [0.29, 0.717) is 21.6 Å². The SMILES string of the molecule is O=C(Nc1ccc(Cl)c(Cl)c1)c1nc(-c2ccccc2)n(-c2ccc(Br)cc2)n1. The third kappa shape index (κ3) is 4.34. The molecule has 1 aromatic heterocycles. The Morgan fingerprint density at radius 1 is 0.931 bits per heavy atom. The third-order valence-corrected chi connectivity index (χ3v) is 5.36. The van der Waals surface area contributed by atoms with Crippen LogP contribution >= 0.6 is 39.1 Å².